The van der Waals surface area contributed by atoms with E-state index in [9.17, 15) is 0 Å². The summed E-state index contributed by atoms with van der Waals surface area (Å²) < 4.78 is 5.29. The van der Waals surface area contributed by atoms with Gasteiger partial charge in [-0.15, -0.1) is 0 Å². The molecule has 2 nitrogen and oxygen atoms in total. The highest BCUT2D eigenvalue weighted by Gasteiger charge is 2.10. The molecule has 0 spiro atoms. The van der Waals surface area contributed by atoms with Gasteiger partial charge in [0.05, 0.1) is 12.7 Å². The van der Waals surface area contributed by atoms with E-state index < -0.39 is 6.10 Å². The van der Waals surface area contributed by atoms with Crippen LogP contribution in [0.4, 0.5) is 0 Å². The van der Waals surface area contributed by atoms with Gasteiger partial charge in [0, 0.05) is 0 Å². The van der Waals surface area contributed by atoms with Crippen LogP contribution in [0.1, 0.15) is 12.5 Å². The van der Waals surface area contributed by atoms with E-state index in [1.54, 1.807) is 6.92 Å². The predicted octanol–water partition coefficient (Wildman–Crippen LogP) is 2.35. The van der Waals surface area contributed by atoms with E-state index in [4.69, 9.17) is 9.84 Å². The number of rotatable bonds is 4. The molecule has 1 rings (SSSR count). The van der Waals surface area contributed by atoms with E-state index in [2.05, 4.69) is 22.6 Å². The summed E-state index contributed by atoms with van der Waals surface area (Å²) in [5, 5.41) is 9.17. The van der Waals surface area contributed by atoms with E-state index in [1.807, 2.05) is 30.3 Å². The average molecular weight is 292 g/mol. The highest BCUT2D eigenvalue weighted by atomic mass is 127. The molecule has 0 fully saturated rings. The van der Waals surface area contributed by atoms with Crippen molar-refractivity contribution in [1.29, 1.82) is 0 Å². The van der Waals surface area contributed by atoms with E-state index in [0.717, 1.165) is 5.56 Å². The number of halogens is 1. The molecule has 0 aliphatic heterocycles. The summed E-state index contributed by atoms with van der Waals surface area (Å²) in [4.78, 5) is 0. The van der Waals surface area contributed by atoms with Gasteiger partial charge in [0.2, 0.25) is 0 Å². The normalized spacial score (nSPS) is 15.3. The van der Waals surface area contributed by atoms with Crippen molar-refractivity contribution in [2.75, 3.05) is 0 Å². The van der Waals surface area contributed by atoms with Crippen molar-refractivity contribution < 1.29 is 9.84 Å². The third-order valence-corrected chi connectivity index (χ3v) is 3.03. The smallest absolute Gasteiger partial charge is 0.134 e. The zero-order valence-electron chi connectivity index (χ0n) is 7.48. The Balaban J connectivity index is 2.35. The second-order valence-electron chi connectivity index (χ2n) is 2.89. The van der Waals surface area contributed by atoms with Gasteiger partial charge in [-0.05, 0) is 35.1 Å². The summed E-state index contributed by atoms with van der Waals surface area (Å²) in [5.74, 6) is 0. The van der Waals surface area contributed by atoms with E-state index in [1.165, 1.54) is 0 Å². The first-order valence-corrected chi connectivity index (χ1v) is 5.42. The number of alkyl halides is 1. The standard InChI is InChI=1S/C10H13IO2/c1-8(12)10(11)13-7-9-5-3-2-4-6-9/h2-6,8,10,12H,7H2,1H3/t8-,10?/m0/s1. The van der Waals surface area contributed by atoms with Gasteiger partial charge in [-0.2, -0.15) is 0 Å². The van der Waals surface area contributed by atoms with Gasteiger partial charge in [0.25, 0.3) is 0 Å². The fraction of sp³-hybridized carbons (Fsp3) is 0.400. The van der Waals surface area contributed by atoms with Crippen LogP contribution in [0.25, 0.3) is 0 Å². The fourth-order valence-electron chi connectivity index (χ4n) is 0.889. The van der Waals surface area contributed by atoms with Gasteiger partial charge in [-0.1, -0.05) is 30.3 Å². The Labute approximate surface area is 92.1 Å². The molecule has 0 amide bonds. The van der Waals surface area contributed by atoms with Crippen LogP contribution in [0.5, 0.6) is 0 Å². The van der Waals surface area contributed by atoms with Crippen molar-refractivity contribution in [3.8, 4) is 0 Å². The Bertz CT molecular complexity index is 236. The molecule has 0 heterocycles. The number of hydrogen-bond acceptors (Lipinski definition) is 2. The van der Waals surface area contributed by atoms with Crippen molar-refractivity contribution in [1.82, 2.24) is 0 Å². The molecule has 0 bridgehead atoms. The summed E-state index contributed by atoms with van der Waals surface area (Å²) in [7, 11) is 0. The number of benzene rings is 1. The van der Waals surface area contributed by atoms with Crippen LogP contribution < -0.4 is 0 Å². The molecular weight excluding hydrogens is 279 g/mol. The minimum atomic E-state index is -0.427. The van der Waals surface area contributed by atoms with Crippen LogP contribution in [0.15, 0.2) is 30.3 Å². The van der Waals surface area contributed by atoms with Crippen molar-refractivity contribution in [2.45, 2.75) is 23.7 Å². The molecule has 2 atom stereocenters. The topological polar surface area (TPSA) is 29.5 Å². The molecule has 13 heavy (non-hydrogen) atoms. The summed E-state index contributed by atoms with van der Waals surface area (Å²) in [6.45, 7) is 2.28. The second-order valence-corrected chi connectivity index (χ2v) is 4.12. The molecular formula is C10H13IO2. The Morgan fingerprint density at radius 2 is 2.00 bits per heavy atom. The van der Waals surface area contributed by atoms with Crippen LogP contribution >= 0.6 is 22.6 Å². The number of aliphatic hydroxyl groups excluding tert-OH is 1. The van der Waals surface area contributed by atoms with Crippen molar-refractivity contribution in [2.24, 2.45) is 0 Å². The first-order valence-electron chi connectivity index (χ1n) is 4.18. The minimum Gasteiger partial charge on any atom is -0.390 e. The quantitative estimate of drug-likeness (QED) is 0.682. The lowest BCUT2D eigenvalue weighted by molar-refractivity contribution is 0.0246. The maximum absolute atomic E-state index is 9.17. The van der Waals surface area contributed by atoms with Crippen LogP contribution in [-0.2, 0) is 11.3 Å². The number of aliphatic hydroxyl groups is 1. The minimum absolute atomic E-state index is 0.141. The zero-order valence-corrected chi connectivity index (χ0v) is 9.64. The van der Waals surface area contributed by atoms with Gasteiger partial charge in [0.15, 0.2) is 0 Å². The first kappa shape index (κ1) is 10.9. The van der Waals surface area contributed by atoms with Gasteiger partial charge < -0.3 is 9.84 Å². The largest absolute Gasteiger partial charge is 0.390 e. The lowest BCUT2D eigenvalue weighted by atomic mass is 10.2. The third kappa shape index (κ3) is 4.06. The van der Waals surface area contributed by atoms with Gasteiger partial charge in [-0.25, -0.2) is 0 Å². The van der Waals surface area contributed by atoms with E-state index >= 15 is 0 Å². The average Bonchev–Trinajstić information content (AvgIpc) is 2.15. The second kappa shape index (κ2) is 5.57. The van der Waals surface area contributed by atoms with Crippen molar-refractivity contribution >= 4 is 22.6 Å². The fourth-order valence-corrected chi connectivity index (χ4v) is 1.07. The van der Waals surface area contributed by atoms with Crippen LogP contribution in [-0.4, -0.2) is 15.3 Å². The molecule has 0 saturated heterocycles. The first-order chi connectivity index (χ1) is 6.20. The maximum atomic E-state index is 9.17. The molecule has 0 radical (unpaired) electrons. The van der Waals surface area contributed by atoms with Crippen molar-refractivity contribution in [3.63, 3.8) is 0 Å². The number of ether oxygens (including phenoxy) is 1. The molecule has 0 saturated carbocycles. The molecule has 72 valence electrons. The molecule has 0 aliphatic carbocycles. The lowest BCUT2D eigenvalue weighted by Gasteiger charge is -2.13. The predicted molar refractivity (Wildman–Crippen MR) is 60.7 cm³/mol. The Morgan fingerprint density at radius 3 is 2.54 bits per heavy atom. The molecule has 1 unspecified atom stereocenters. The molecule has 1 N–H and O–H groups in total. The maximum Gasteiger partial charge on any atom is 0.134 e. The van der Waals surface area contributed by atoms with Crippen LogP contribution in [0.2, 0.25) is 0 Å². The van der Waals surface area contributed by atoms with Gasteiger partial charge >= 0.3 is 0 Å². The Hall–Kier alpha value is -0.130. The van der Waals surface area contributed by atoms with Gasteiger partial charge in [-0.3, -0.25) is 0 Å². The molecule has 3 heteroatoms. The molecule has 0 aliphatic rings. The third-order valence-electron chi connectivity index (χ3n) is 1.63. The summed E-state index contributed by atoms with van der Waals surface area (Å²) in [6, 6.07) is 9.93. The highest BCUT2D eigenvalue weighted by Crippen LogP contribution is 2.11. The van der Waals surface area contributed by atoms with E-state index in [-0.39, 0.29) is 4.11 Å². The zero-order chi connectivity index (χ0) is 9.68. The van der Waals surface area contributed by atoms with Crippen LogP contribution in [0, 0.1) is 0 Å². The summed E-state index contributed by atoms with van der Waals surface area (Å²) in [6.07, 6.45) is -0.427. The molecule has 1 aromatic carbocycles. The SMILES string of the molecule is C[C@H](O)C(I)OCc1ccccc1. The number of hydrogen-bond donors (Lipinski definition) is 1. The summed E-state index contributed by atoms with van der Waals surface area (Å²) in [5.41, 5.74) is 1.13. The molecule has 1 aromatic rings. The Kier molecular flexibility index (Phi) is 4.69. The van der Waals surface area contributed by atoms with E-state index in [0.29, 0.717) is 6.61 Å². The Morgan fingerprint density at radius 1 is 1.38 bits per heavy atom. The monoisotopic (exact) mass is 292 g/mol. The van der Waals surface area contributed by atoms with Crippen molar-refractivity contribution in [3.05, 3.63) is 35.9 Å². The van der Waals surface area contributed by atoms with Crippen LogP contribution in [0.3, 0.4) is 0 Å². The molecule has 0 aromatic heterocycles. The highest BCUT2D eigenvalue weighted by molar-refractivity contribution is 14.1. The van der Waals surface area contributed by atoms with Gasteiger partial charge in [0.1, 0.15) is 4.11 Å². The summed E-state index contributed by atoms with van der Waals surface area (Å²) >= 11 is 2.09. The lowest BCUT2D eigenvalue weighted by Crippen LogP contribution is -2.19.